The summed E-state index contributed by atoms with van der Waals surface area (Å²) in [5, 5.41) is 0. The van der Waals surface area contributed by atoms with E-state index in [4.69, 9.17) is 5.73 Å². The average molecular weight is 254 g/mol. The largest absolute Gasteiger partial charge is 0.382 e. The Morgan fingerprint density at radius 1 is 1.16 bits per heavy atom. The minimum absolute atomic E-state index is 0.0836. The van der Waals surface area contributed by atoms with Gasteiger partial charge < -0.3 is 5.73 Å². The van der Waals surface area contributed by atoms with E-state index in [2.05, 4.69) is 20.4 Å². The Morgan fingerprint density at radius 3 is 2.79 bits per heavy atom. The predicted molar refractivity (Wildman–Crippen MR) is 69.9 cm³/mol. The highest BCUT2D eigenvalue weighted by Gasteiger charge is 2.13. The summed E-state index contributed by atoms with van der Waals surface area (Å²) in [4.78, 5) is 23.9. The molecule has 0 aliphatic carbocycles. The van der Waals surface area contributed by atoms with Crippen LogP contribution in [0.3, 0.4) is 0 Å². The number of hydrogen-bond donors (Lipinski definition) is 2. The van der Waals surface area contributed by atoms with Crippen LogP contribution in [-0.4, -0.2) is 25.5 Å². The van der Waals surface area contributed by atoms with Crippen molar-refractivity contribution in [2.24, 2.45) is 0 Å². The quantitative estimate of drug-likeness (QED) is 0.704. The van der Waals surface area contributed by atoms with E-state index in [1.54, 1.807) is 0 Å². The van der Waals surface area contributed by atoms with Crippen molar-refractivity contribution in [1.29, 1.82) is 0 Å². The molecule has 19 heavy (non-hydrogen) atoms. The van der Waals surface area contributed by atoms with Crippen molar-refractivity contribution in [3.63, 3.8) is 0 Å². The third-order valence-electron chi connectivity index (χ3n) is 2.62. The summed E-state index contributed by atoms with van der Waals surface area (Å²) in [6.45, 7) is 0. The van der Waals surface area contributed by atoms with Gasteiger partial charge in [-0.05, 0) is 12.1 Å². The van der Waals surface area contributed by atoms with E-state index >= 15 is 0 Å². The van der Waals surface area contributed by atoms with Crippen LogP contribution in [0.15, 0.2) is 43.0 Å². The van der Waals surface area contributed by atoms with Gasteiger partial charge in [-0.1, -0.05) is 12.1 Å². The molecule has 0 saturated carbocycles. The summed E-state index contributed by atoms with van der Waals surface area (Å²) in [5.41, 5.74) is 9.92. The zero-order valence-electron chi connectivity index (χ0n) is 9.82. The molecule has 0 radical (unpaired) electrons. The van der Waals surface area contributed by atoms with Crippen LogP contribution in [0.25, 0.3) is 11.0 Å². The molecule has 3 aromatic rings. The number of nitrogens with one attached hydrogen (secondary N) is 1. The maximum absolute atomic E-state index is 12.0. The highest BCUT2D eigenvalue weighted by atomic mass is 16.2. The third-order valence-corrected chi connectivity index (χ3v) is 2.62. The zero-order chi connectivity index (χ0) is 13.2. The molecule has 7 nitrogen and oxygen atoms in total. The second-order valence-electron chi connectivity index (χ2n) is 3.83. The molecule has 0 saturated heterocycles. The van der Waals surface area contributed by atoms with E-state index in [0.29, 0.717) is 0 Å². The summed E-state index contributed by atoms with van der Waals surface area (Å²) in [6.07, 6.45) is 4.37. The number of hydrogen-bond acceptors (Lipinski definition) is 5. The lowest BCUT2D eigenvalue weighted by molar-refractivity contribution is 0.100. The van der Waals surface area contributed by atoms with Crippen LogP contribution in [0, 0.1) is 0 Å². The lowest BCUT2D eigenvalue weighted by Gasteiger charge is -2.07. The molecule has 3 N–H and O–H groups in total. The number of carbonyl (C=O) groups excluding carboxylic acids is 1. The van der Waals surface area contributed by atoms with Crippen molar-refractivity contribution in [2.45, 2.75) is 0 Å². The first-order valence-corrected chi connectivity index (χ1v) is 5.55. The van der Waals surface area contributed by atoms with E-state index < -0.39 is 5.91 Å². The second-order valence-corrected chi connectivity index (χ2v) is 3.83. The van der Waals surface area contributed by atoms with Gasteiger partial charge in [0.05, 0.1) is 11.0 Å². The van der Waals surface area contributed by atoms with Crippen molar-refractivity contribution in [2.75, 3.05) is 11.2 Å². The minimum Gasteiger partial charge on any atom is -0.382 e. The fraction of sp³-hybridized carbons (Fsp3) is 0. The topological polar surface area (TPSA) is 98.7 Å². The first kappa shape index (κ1) is 11.1. The van der Waals surface area contributed by atoms with Crippen LogP contribution < -0.4 is 11.2 Å². The second kappa shape index (κ2) is 4.37. The fourth-order valence-corrected chi connectivity index (χ4v) is 1.73. The average Bonchev–Trinajstić information content (AvgIpc) is 2.83. The minimum atomic E-state index is -0.436. The van der Waals surface area contributed by atoms with Gasteiger partial charge in [0.1, 0.15) is 6.33 Å². The number of nitrogens with two attached hydrogens (primary N) is 1. The molecule has 1 amide bonds. The predicted octanol–water partition coefficient (Wildman–Crippen LogP) is 0.792. The van der Waals surface area contributed by atoms with Gasteiger partial charge in [0, 0.05) is 12.4 Å². The van der Waals surface area contributed by atoms with Crippen LogP contribution >= 0.6 is 0 Å². The van der Waals surface area contributed by atoms with Crippen LogP contribution in [0.4, 0.5) is 5.82 Å². The molecule has 0 unspecified atom stereocenters. The number of nitrogen functional groups attached to an aromatic ring is 1. The highest BCUT2D eigenvalue weighted by molar-refractivity contribution is 6.02. The lowest BCUT2D eigenvalue weighted by Crippen LogP contribution is -2.24. The van der Waals surface area contributed by atoms with Crippen LogP contribution in [0.1, 0.15) is 10.5 Å². The Bertz CT molecular complexity index is 751. The molecule has 1 aromatic carbocycles. The van der Waals surface area contributed by atoms with Crippen molar-refractivity contribution < 1.29 is 4.79 Å². The number of nitrogens with zero attached hydrogens (tertiary/aromatic N) is 4. The number of benzene rings is 1. The molecule has 2 aromatic heterocycles. The normalized spacial score (nSPS) is 10.5. The van der Waals surface area contributed by atoms with Crippen LogP contribution in [0.2, 0.25) is 0 Å². The van der Waals surface area contributed by atoms with Gasteiger partial charge in [-0.15, -0.1) is 0 Å². The molecule has 0 bridgehead atoms. The number of amides is 1. The summed E-state index contributed by atoms with van der Waals surface area (Å²) >= 11 is 0. The molecule has 0 aliphatic heterocycles. The molecule has 0 spiro atoms. The Hall–Kier alpha value is -2.96. The Kier molecular flexibility index (Phi) is 2.57. The number of imidazole rings is 1. The number of fused-ring (bicyclic) bond motifs is 1. The van der Waals surface area contributed by atoms with Crippen molar-refractivity contribution >= 4 is 22.8 Å². The SMILES string of the molecule is Nc1nccnc1C(=O)Nn1cnc2ccccc21. The van der Waals surface area contributed by atoms with Gasteiger partial charge in [0.2, 0.25) is 0 Å². The fourth-order valence-electron chi connectivity index (χ4n) is 1.73. The van der Waals surface area contributed by atoms with Crippen LogP contribution in [0.5, 0.6) is 0 Å². The number of rotatable bonds is 2. The zero-order valence-corrected chi connectivity index (χ0v) is 9.82. The third kappa shape index (κ3) is 1.97. The van der Waals surface area contributed by atoms with E-state index in [-0.39, 0.29) is 11.5 Å². The molecule has 0 atom stereocenters. The van der Waals surface area contributed by atoms with Gasteiger partial charge in [-0.25, -0.2) is 19.6 Å². The molecule has 3 rings (SSSR count). The van der Waals surface area contributed by atoms with Crippen molar-refractivity contribution in [3.8, 4) is 0 Å². The monoisotopic (exact) mass is 254 g/mol. The molecule has 7 heteroatoms. The van der Waals surface area contributed by atoms with Crippen molar-refractivity contribution in [1.82, 2.24) is 19.6 Å². The highest BCUT2D eigenvalue weighted by Crippen LogP contribution is 2.11. The molecular weight excluding hydrogens is 244 g/mol. The lowest BCUT2D eigenvalue weighted by atomic mass is 10.3. The van der Waals surface area contributed by atoms with Gasteiger partial charge >= 0.3 is 0 Å². The maximum Gasteiger partial charge on any atom is 0.292 e. The van der Waals surface area contributed by atoms with Gasteiger partial charge in [0.15, 0.2) is 11.5 Å². The van der Waals surface area contributed by atoms with Gasteiger partial charge in [-0.2, -0.15) is 0 Å². The molecule has 2 heterocycles. The first-order valence-electron chi connectivity index (χ1n) is 5.55. The summed E-state index contributed by atoms with van der Waals surface area (Å²) in [7, 11) is 0. The van der Waals surface area contributed by atoms with Gasteiger partial charge in [-0.3, -0.25) is 10.2 Å². The summed E-state index contributed by atoms with van der Waals surface area (Å²) < 4.78 is 1.52. The standard InChI is InChI=1S/C12H10N6O/c13-11-10(14-5-6-15-11)12(19)17-18-7-16-8-3-1-2-4-9(8)18/h1-7H,(H2,13,15)(H,17,19). The molecule has 0 aliphatic rings. The Balaban J connectivity index is 1.94. The Labute approximate surface area is 108 Å². The summed E-state index contributed by atoms with van der Waals surface area (Å²) in [6, 6.07) is 7.45. The molecule has 0 fully saturated rings. The Morgan fingerprint density at radius 2 is 1.95 bits per heavy atom. The van der Waals surface area contributed by atoms with Gasteiger partial charge in [0.25, 0.3) is 5.91 Å². The van der Waals surface area contributed by atoms with E-state index in [0.717, 1.165) is 11.0 Å². The number of carbonyl (C=O) groups is 1. The summed E-state index contributed by atoms with van der Waals surface area (Å²) in [5.74, 6) is -0.349. The smallest absolute Gasteiger partial charge is 0.292 e. The molecular formula is C12H10N6O. The first-order chi connectivity index (χ1) is 9.25. The van der Waals surface area contributed by atoms with E-state index in [1.165, 1.54) is 23.4 Å². The maximum atomic E-state index is 12.0. The number of aromatic nitrogens is 4. The van der Waals surface area contributed by atoms with E-state index in [1.807, 2.05) is 24.3 Å². The number of anilines is 1. The number of para-hydroxylation sites is 2. The van der Waals surface area contributed by atoms with Crippen molar-refractivity contribution in [3.05, 3.63) is 48.7 Å². The molecule has 94 valence electrons. The van der Waals surface area contributed by atoms with E-state index in [9.17, 15) is 4.79 Å². The van der Waals surface area contributed by atoms with Crippen LogP contribution in [-0.2, 0) is 0 Å².